The monoisotopic (exact) mass is 378 g/mol. The summed E-state index contributed by atoms with van der Waals surface area (Å²) >= 11 is 0. The molecule has 0 atom stereocenters. The van der Waals surface area contributed by atoms with Crippen molar-refractivity contribution in [1.29, 1.82) is 0 Å². The molecule has 0 radical (unpaired) electrons. The highest BCUT2D eigenvalue weighted by Crippen LogP contribution is 2.50. The summed E-state index contributed by atoms with van der Waals surface area (Å²) in [5.41, 5.74) is 3.97. The number of ether oxygens (including phenoxy) is 1. The van der Waals surface area contributed by atoms with Gasteiger partial charge < -0.3 is 4.74 Å². The van der Waals surface area contributed by atoms with E-state index in [4.69, 9.17) is 4.74 Å². The smallest absolute Gasteiger partial charge is 0.150 e. The van der Waals surface area contributed by atoms with Crippen molar-refractivity contribution in [3.05, 3.63) is 59.7 Å². The second-order valence-electron chi connectivity index (χ2n) is 7.93. The van der Waals surface area contributed by atoms with Crippen molar-refractivity contribution in [3.8, 4) is 11.1 Å². The molecule has 0 saturated carbocycles. The van der Waals surface area contributed by atoms with Gasteiger partial charge >= 0.3 is 0 Å². The van der Waals surface area contributed by atoms with Gasteiger partial charge in [-0.1, -0.05) is 94.0 Å². The minimum absolute atomic E-state index is 0.312. The minimum Gasteiger partial charge on any atom is -0.380 e. The van der Waals surface area contributed by atoms with E-state index in [1.54, 1.807) is 0 Å². The highest BCUT2D eigenvalue weighted by atomic mass is 16.5. The molecule has 1 aliphatic carbocycles. The van der Waals surface area contributed by atoms with Gasteiger partial charge in [0.05, 0.1) is 6.61 Å². The van der Waals surface area contributed by atoms with E-state index in [2.05, 4.69) is 43.3 Å². The Hall–Kier alpha value is -1.93. The highest BCUT2D eigenvalue weighted by Gasteiger charge is 2.48. The van der Waals surface area contributed by atoms with Crippen molar-refractivity contribution in [2.24, 2.45) is 0 Å². The van der Waals surface area contributed by atoms with Gasteiger partial charge in [-0.15, -0.1) is 0 Å². The van der Waals surface area contributed by atoms with Crippen LogP contribution in [0.2, 0.25) is 0 Å². The Labute approximate surface area is 170 Å². The molecular formula is C26H34O2. The number of carbonyl (C=O) groups excluding carboxylic acids is 1. The van der Waals surface area contributed by atoms with E-state index in [1.807, 2.05) is 19.1 Å². The number of rotatable bonds is 12. The SMILES string of the molecule is CCCCCCCCCC(=O)C1(COCC)c2ccccc2-c2ccccc21. The van der Waals surface area contributed by atoms with Gasteiger partial charge in [0.25, 0.3) is 0 Å². The fourth-order valence-electron chi connectivity index (χ4n) is 4.57. The van der Waals surface area contributed by atoms with Crippen LogP contribution in [0.5, 0.6) is 0 Å². The molecule has 2 heteroatoms. The van der Waals surface area contributed by atoms with Crippen molar-refractivity contribution < 1.29 is 9.53 Å². The third-order valence-electron chi connectivity index (χ3n) is 6.07. The first-order chi connectivity index (χ1) is 13.8. The summed E-state index contributed by atoms with van der Waals surface area (Å²) in [7, 11) is 0. The summed E-state index contributed by atoms with van der Waals surface area (Å²) in [6.07, 6.45) is 9.19. The summed E-state index contributed by atoms with van der Waals surface area (Å²) < 4.78 is 5.91. The van der Waals surface area contributed by atoms with Crippen LogP contribution in [0.25, 0.3) is 11.1 Å². The molecular weight excluding hydrogens is 344 g/mol. The molecule has 2 nitrogen and oxygen atoms in total. The second-order valence-corrected chi connectivity index (χ2v) is 7.93. The molecule has 0 amide bonds. The molecule has 0 aromatic heterocycles. The van der Waals surface area contributed by atoms with Crippen molar-refractivity contribution in [2.75, 3.05) is 13.2 Å². The van der Waals surface area contributed by atoms with Gasteiger partial charge in [-0.25, -0.2) is 0 Å². The normalized spacial score (nSPS) is 13.9. The van der Waals surface area contributed by atoms with Crippen molar-refractivity contribution in [2.45, 2.75) is 70.6 Å². The summed E-state index contributed by atoms with van der Waals surface area (Å²) in [5.74, 6) is 0.312. The number of hydrogen-bond donors (Lipinski definition) is 0. The maximum Gasteiger partial charge on any atom is 0.150 e. The standard InChI is InChI=1S/C26H34O2/c1-3-5-6-7-8-9-10-19-25(27)26(20-28-4-2)23-17-13-11-15-21(23)22-16-12-14-18-24(22)26/h11-18H,3-10,19-20H2,1-2H3. The topological polar surface area (TPSA) is 26.3 Å². The molecule has 0 aliphatic heterocycles. The van der Waals surface area contributed by atoms with Gasteiger partial charge in [-0.05, 0) is 35.6 Å². The Morgan fingerprint density at radius 1 is 0.786 bits per heavy atom. The van der Waals surface area contributed by atoms with Crippen LogP contribution in [0.3, 0.4) is 0 Å². The molecule has 0 N–H and O–H groups in total. The van der Waals surface area contributed by atoms with E-state index in [9.17, 15) is 4.79 Å². The summed E-state index contributed by atoms with van der Waals surface area (Å²) in [4.78, 5) is 13.7. The molecule has 1 aliphatic rings. The van der Waals surface area contributed by atoms with E-state index < -0.39 is 5.41 Å². The first-order valence-corrected chi connectivity index (χ1v) is 11.1. The zero-order valence-electron chi connectivity index (χ0n) is 17.5. The zero-order valence-corrected chi connectivity index (χ0v) is 17.5. The molecule has 28 heavy (non-hydrogen) atoms. The van der Waals surface area contributed by atoms with Crippen LogP contribution in [0, 0.1) is 0 Å². The number of Topliss-reactive ketones (excluding diaryl/α,β-unsaturated/α-hetero) is 1. The van der Waals surface area contributed by atoms with Gasteiger partial charge in [0.1, 0.15) is 11.2 Å². The van der Waals surface area contributed by atoms with Crippen LogP contribution < -0.4 is 0 Å². The van der Waals surface area contributed by atoms with Gasteiger partial charge in [0.15, 0.2) is 0 Å². The number of carbonyl (C=O) groups is 1. The van der Waals surface area contributed by atoms with Gasteiger partial charge in [-0.2, -0.15) is 0 Å². The van der Waals surface area contributed by atoms with Crippen molar-refractivity contribution >= 4 is 5.78 Å². The fraction of sp³-hybridized carbons (Fsp3) is 0.500. The molecule has 0 unspecified atom stereocenters. The third kappa shape index (κ3) is 4.07. The fourth-order valence-corrected chi connectivity index (χ4v) is 4.57. The number of fused-ring (bicyclic) bond motifs is 3. The highest BCUT2D eigenvalue weighted by molar-refractivity contribution is 6.01. The van der Waals surface area contributed by atoms with Crippen LogP contribution in [-0.2, 0) is 14.9 Å². The zero-order chi connectivity index (χ0) is 19.8. The van der Waals surface area contributed by atoms with Crippen molar-refractivity contribution in [1.82, 2.24) is 0 Å². The quantitative estimate of drug-likeness (QED) is 0.384. The lowest BCUT2D eigenvalue weighted by Crippen LogP contribution is -2.40. The van der Waals surface area contributed by atoms with Gasteiger partial charge in [-0.3, -0.25) is 4.79 Å². The van der Waals surface area contributed by atoms with Crippen molar-refractivity contribution in [3.63, 3.8) is 0 Å². The molecule has 0 heterocycles. The predicted molar refractivity (Wildman–Crippen MR) is 117 cm³/mol. The number of hydrogen-bond acceptors (Lipinski definition) is 2. The summed E-state index contributed by atoms with van der Waals surface area (Å²) in [6, 6.07) is 16.7. The maximum absolute atomic E-state index is 13.7. The molecule has 0 spiro atoms. The van der Waals surface area contributed by atoms with Crippen LogP contribution in [-0.4, -0.2) is 19.0 Å². The Morgan fingerprint density at radius 2 is 1.32 bits per heavy atom. The lowest BCUT2D eigenvalue weighted by molar-refractivity contribution is -0.125. The second kappa shape index (κ2) is 10.0. The first-order valence-electron chi connectivity index (χ1n) is 11.1. The Bertz CT molecular complexity index is 732. The van der Waals surface area contributed by atoms with E-state index in [0.717, 1.165) is 24.0 Å². The van der Waals surface area contributed by atoms with E-state index in [0.29, 0.717) is 25.4 Å². The average molecular weight is 379 g/mol. The molecule has 2 aromatic carbocycles. The number of benzene rings is 2. The maximum atomic E-state index is 13.7. The van der Waals surface area contributed by atoms with Crippen LogP contribution >= 0.6 is 0 Å². The molecule has 3 rings (SSSR count). The third-order valence-corrected chi connectivity index (χ3v) is 6.07. The van der Waals surface area contributed by atoms with E-state index in [1.165, 1.54) is 43.2 Å². The molecule has 0 bridgehead atoms. The minimum atomic E-state index is -0.647. The predicted octanol–water partition coefficient (Wildman–Crippen LogP) is 6.70. The summed E-state index contributed by atoms with van der Waals surface area (Å²) in [5, 5.41) is 0. The average Bonchev–Trinajstić information content (AvgIpc) is 3.02. The largest absolute Gasteiger partial charge is 0.380 e. The molecule has 0 saturated heterocycles. The van der Waals surface area contributed by atoms with Crippen LogP contribution in [0.1, 0.15) is 76.3 Å². The molecule has 2 aromatic rings. The van der Waals surface area contributed by atoms with E-state index >= 15 is 0 Å². The lowest BCUT2D eigenvalue weighted by Gasteiger charge is -2.30. The summed E-state index contributed by atoms with van der Waals surface area (Å²) in [6.45, 7) is 5.30. The molecule has 150 valence electrons. The van der Waals surface area contributed by atoms with Gasteiger partial charge in [0, 0.05) is 13.0 Å². The van der Waals surface area contributed by atoms with Crippen LogP contribution in [0.4, 0.5) is 0 Å². The van der Waals surface area contributed by atoms with Crippen LogP contribution in [0.15, 0.2) is 48.5 Å². The number of unbranched alkanes of at least 4 members (excludes halogenated alkanes) is 6. The first kappa shape index (κ1) is 20.8. The number of ketones is 1. The lowest BCUT2D eigenvalue weighted by atomic mass is 9.73. The Balaban J connectivity index is 1.80. The van der Waals surface area contributed by atoms with E-state index in [-0.39, 0.29) is 0 Å². The van der Waals surface area contributed by atoms with Gasteiger partial charge in [0.2, 0.25) is 0 Å². The Kier molecular flexibility index (Phi) is 7.44. The molecule has 0 fully saturated rings. The Morgan fingerprint density at radius 3 is 1.89 bits per heavy atom.